The summed E-state index contributed by atoms with van der Waals surface area (Å²) in [4.78, 5) is 36.0. The molecule has 1 rings (SSSR count). The molecule has 226 valence electrons. The van der Waals surface area contributed by atoms with Crippen molar-refractivity contribution in [3.05, 3.63) is 12.2 Å². The van der Waals surface area contributed by atoms with Gasteiger partial charge in [0.1, 0.15) is 25.1 Å². The Morgan fingerprint density at radius 1 is 0.846 bits per heavy atom. The predicted octanol–water partition coefficient (Wildman–Crippen LogP) is 5.20. The van der Waals surface area contributed by atoms with Gasteiger partial charge < -0.3 is 24.8 Å². The molecule has 1 aliphatic carbocycles. The van der Waals surface area contributed by atoms with Crippen LogP contribution in [0.3, 0.4) is 0 Å². The highest BCUT2D eigenvalue weighted by atomic mass is 16.6. The minimum absolute atomic E-state index is 0.0809. The monoisotopic (exact) mass is 554 g/mol. The number of ether oxygens (including phenoxy) is 2. The third kappa shape index (κ3) is 16.8. The van der Waals surface area contributed by atoms with Crippen LogP contribution in [-0.4, -0.2) is 64.6 Å². The van der Waals surface area contributed by atoms with Crippen LogP contribution in [0.2, 0.25) is 0 Å². The maximum absolute atomic E-state index is 12.4. The van der Waals surface area contributed by atoms with E-state index >= 15 is 0 Å². The lowest BCUT2D eigenvalue weighted by Crippen LogP contribution is -2.25. The molecule has 0 unspecified atom stereocenters. The van der Waals surface area contributed by atoms with Gasteiger partial charge in [-0.3, -0.25) is 14.4 Å². The Morgan fingerprint density at radius 2 is 1.38 bits per heavy atom. The lowest BCUT2D eigenvalue weighted by molar-refractivity contribution is -0.152. The molecule has 0 amide bonds. The van der Waals surface area contributed by atoms with Crippen molar-refractivity contribution < 1.29 is 39.2 Å². The van der Waals surface area contributed by atoms with Gasteiger partial charge in [0, 0.05) is 31.1 Å². The zero-order valence-electron chi connectivity index (χ0n) is 24.4. The Hall–Kier alpha value is -1.77. The molecule has 0 radical (unpaired) electrons. The van der Waals surface area contributed by atoms with Crippen LogP contribution in [0.5, 0.6) is 0 Å². The van der Waals surface area contributed by atoms with E-state index in [0.29, 0.717) is 25.7 Å². The second kappa shape index (κ2) is 22.0. The van der Waals surface area contributed by atoms with E-state index < -0.39 is 24.3 Å². The Balaban J connectivity index is 2.15. The molecular weight excluding hydrogens is 500 g/mol. The molecule has 0 spiro atoms. The second-order valence-electron chi connectivity index (χ2n) is 11.0. The number of hydrogen-bond donors (Lipinski definition) is 3. The molecule has 8 heteroatoms. The van der Waals surface area contributed by atoms with E-state index in [0.717, 1.165) is 70.6 Å². The lowest BCUT2D eigenvalue weighted by atomic mass is 9.88. The number of unbranched alkanes of at least 4 members (excludes halogenated alkanes) is 9. The van der Waals surface area contributed by atoms with Gasteiger partial charge in [0.15, 0.2) is 0 Å². The van der Waals surface area contributed by atoms with Crippen LogP contribution in [0.1, 0.15) is 123 Å². The highest BCUT2D eigenvalue weighted by Gasteiger charge is 2.39. The number of Topliss-reactive ketones (excluding diaryl/α,β-unsaturated/α-hetero) is 1. The van der Waals surface area contributed by atoms with E-state index in [1.807, 2.05) is 6.08 Å². The minimum Gasteiger partial charge on any atom is -0.463 e. The number of carbonyl (C=O) groups is 3. The highest BCUT2D eigenvalue weighted by molar-refractivity contribution is 5.84. The van der Waals surface area contributed by atoms with Crippen molar-refractivity contribution in [1.82, 2.24) is 0 Å². The fourth-order valence-corrected chi connectivity index (χ4v) is 4.98. The number of hydrogen-bond acceptors (Lipinski definition) is 8. The van der Waals surface area contributed by atoms with Crippen molar-refractivity contribution in [2.45, 2.75) is 141 Å². The average Bonchev–Trinajstić information content (AvgIpc) is 3.18. The lowest BCUT2D eigenvalue weighted by Gasteiger charge is -2.18. The Labute approximate surface area is 235 Å². The molecule has 1 saturated carbocycles. The molecule has 0 aromatic carbocycles. The van der Waals surface area contributed by atoms with Crippen molar-refractivity contribution in [2.24, 2.45) is 11.8 Å². The normalized spacial score (nSPS) is 20.8. The fraction of sp³-hybridized carbons (Fsp3) is 0.839. The smallest absolute Gasteiger partial charge is 0.305 e. The molecule has 39 heavy (non-hydrogen) atoms. The zero-order chi connectivity index (χ0) is 28.9. The van der Waals surface area contributed by atoms with Gasteiger partial charge in [0.2, 0.25) is 0 Å². The van der Waals surface area contributed by atoms with Crippen LogP contribution in [0, 0.1) is 11.8 Å². The average molecular weight is 555 g/mol. The molecule has 1 aliphatic rings. The van der Waals surface area contributed by atoms with E-state index in [9.17, 15) is 29.7 Å². The molecular formula is C31H54O8. The van der Waals surface area contributed by atoms with E-state index in [1.165, 1.54) is 0 Å². The molecule has 0 aromatic rings. The van der Waals surface area contributed by atoms with Gasteiger partial charge in [0.25, 0.3) is 0 Å². The molecule has 0 saturated heterocycles. The maximum Gasteiger partial charge on any atom is 0.305 e. The van der Waals surface area contributed by atoms with E-state index in [1.54, 1.807) is 6.08 Å². The number of aliphatic hydroxyl groups excluding tert-OH is 3. The summed E-state index contributed by atoms with van der Waals surface area (Å²) in [5.41, 5.74) is 0. The minimum atomic E-state index is -1.03. The molecule has 0 aromatic heterocycles. The van der Waals surface area contributed by atoms with Gasteiger partial charge in [0.05, 0.1) is 12.2 Å². The number of aliphatic hydroxyl groups is 3. The van der Waals surface area contributed by atoms with E-state index in [4.69, 9.17) is 9.47 Å². The van der Waals surface area contributed by atoms with Crippen LogP contribution in [0.4, 0.5) is 0 Å². The quantitative estimate of drug-likeness (QED) is 0.0893. The number of rotatable bonds is 23. The third-order valence-corrected chi connectivity index (χ3v) is 7.40. The summed E-state index contributed by atoms with van der Waals surface area (Å²) in [5.74, 6) is -1.12. The first kappa shape index (κ1) is 35.3. The molecule has 8 nitrogen and oxygen atoms in total. The van der Waals surface area contributed by atoms with Crippen LogP contribution >= 0.6 is 0 Å². The van der Waals surface area contributed by atoms with Gasteiger partial charge >= 0.3 is 11.9 Å². The first-order valence-corrected chi connectivity index (χ1v) is 15.3. The fourth-order valence-electron chi connectivity index (χ4n) is 4.98. The van der Waals surface area contributed by atoms with Crippen LogP contribution < -0.4 is 0 Å². The standard InChI is InChI=1S/C31H54O8/c1-3-5-7-8-13-17-30(36)38-22-25(33)23-39-31(37)18-14-10-9-12-16-26-27(29(35)21-28(26)34)20-19-24(32)15-11-6-4-2/h19-20,24-27,29,32-33,35H,3-18,21-23H2,1-2H3/b20-19+/t24-,25-,26+,27+,29+/m0/s1. The summed E-state index contributed by atoms with van der Waals surface area (Å²) < 4.78 is 10.1. The molecule has 3 N–H and O–H groups in total. The van der Waals surface area contributed by atoms with Crippen molar-refractivity contribution in [3.63, 3.8) is 0 Å². The third-order valence-electron chi connectivity index (χ3n) is 7.40. The van der Waals surface area contributed by atoms with Gasteiger partial charge in [-0.25, -0.2) is 0 Å². The summed E-state index contributed by atoms with van der Waals surface area (Å²) in [5, 5.41) is 30.4. The van der Waals surface area contributed by atoms with Gasteiger partial charge in [-0.1, -0.05) is 90.2 Å². The highest BCUT2D eigenvalue weighted by Crippen LogP contribution is 2.34. The van der Waals surface area contributed by atoms with Gasteiger partial charge in [-0.2, -0.15) is 0 Å². The van der Waals surface area contributed by atoms with E-state index in [2.05, 4.69) is 13.8 Å². The summed E-state index contributed by atoms with van der Waals surface area (Å²) >= 11 is 0. The molecule has 0 bridgehead atoms. The predicted molar refractivity (Wildman–Crippen MR) is 151 cm³/mol. The molecule has 0 heterocycles. The first-order chi connectivity index (χ1) is 18.8. The number of ketones is 1. The Morgan fingerprint density at radius 3 is 1.97 bits per heavy atom. The SMILES string of the molecule is CCCCCCCC(=O)OC[C@H](O)COC(=O)CCCCCC[C@H]1C(=O)C[C@@H](O)[C@@H]1/C=C/[C@@H](O)CCCCC. The van der Waals surface area contributed by atoms with E-state index in [-0.39, 0.29) is 49.6 Å². The number of carbonyl (C=O) groups excluding carboxylic acids is 3. The summed E-state index contributed by atoms with van der Waals surface area (Å²) in [6, 6.07) is 0. The maximum atomic E-state index is 12.4. The second-order valence-corrected chi connectivity index (χ2v) is 11.0. The number of esters is 2. The van der Waals surface area contributed by atoms with Crippen LogP contribution in [0.25, 0.3) is 0 Å². The Bertz CT molecular complexity index is 707. The molecule has 1 fully saturated rings. The summed E-state index contributed by atoms with van der Waals surface area (Å²) in [6.45, 7) is 3.88. The molecule has 0 aliphatic heterocycles. The summed E-state index contributed by atoms with van der Waals surface area (Å²) in [7, 11) is 0. The van der Waals surface area contributed by atoms with Crippen LogP contribution in [-0.2, 0) is 23.9 Å². The molecule has 5 atom stereocenters. The zero-order valence-corrected chi connectivity index (χ0v) is 24.4. The Kier molecular flexibility index (Phi) is 19.9. The summed E-state index contributed by atoms with van der Waals surface area (Å²) in [6.07, 6.45) is 14.9. The first-order valence-electron chi connectivity index (χ1n) is 15.3. The largest absolute Gasteiger partial charge is 0.463 e. The van der Waals surface area contributed by atoms with Crippen molar-refractivity contribution >= 4 is 17.7 Å². The van der Waals surface area contributed by atoms with Crippen molar-refractivity contribution in [1.29, 1.82) is 0 Å². The van der Waals surface area contributed by atoms with Crippen LogP contribution in [0.15, 0.2) is 12.2 Å². The van der Waals surface area contributed by atoms with Crippen molar-refractivity contribution in [2.75, 3.05) is 13.2 Å². The topological polar surface area (TPSA) is 130 Å². The van der Waals surface area contributed by atoms with Crippen molar-refractivity contribution in [3.8, 4) is 0 Å². The van der Waals surface area contributed by atoms with Gasteiger partial charge in [-0.15, -0.1) is 0 Å². The van der Waals surface area contributed by atoms with Gasteiger partial charge in [-0.05, 0) is 25.7 Å².